The Kier molecular flexibility index (Phi) is 3.36. The highest BCUT2D eigenvalue weighted by molar-refractivity contribution is 5.02. The Morgan fingerprint density at radius 3 is 1.92 bits per heavy atom. The van der Waals surface area contributed by atoms with E-state index in [0.717, 1.165) is 6.54 Å². The molecule has 0 aromatic rings. The molecular weight excluding hydrogens is 160 g/mol. The maximum absolute atomic E-state index is 6.06. The number of rotatable bonds is 6. The van der Waals surface area contributed by atoms with Gasteiger partial charge in [0, 0.05) is 17.6 Å². The second-order valence-corrected chi connectivity index (χ2v) is 4.56. The van der Waals surface area contributed by atoms with Crippen LogP contribution in [0.2, 0.25) is 0 Å². The lowest BCUT2D eigenvalue weighted by molar-refractivity contribution is 0.280. The van der Waals surface area contributed by atoms with Gasteiger partial charge in [-0.1, -0.05) is 20.8 Å². The minimum atomic E-state index is 0.144. The maximum Gasteiger partial charge on any atom is 0.0282 e. The first-order valence-corrected chi connectivity index (χ1v) is 5.63. The monoisotopic (exact) mass is 184 g/mol. The molecule has 13 heavy (non-hydrogen) atoms. The lowest BCUT2D eigenvalue weighted by atomic mass is 9.89. The van der Waals surface area contributed by atoms with E-state index >= 15 is 0 Å². The van der Waals surface area contributed by atoms with Crippen LogP contribution in [0.4, 0.5) is 0 Å². The first kappa shape index (κ1) is 11.0. The van der Waals surface area contributed by atoms with Crippen molar-refractivity contribution >= 4 is 0 Å². The highest BCUT2D eigenvalue weighted by Gasteiger charge is 2.39. The largest absolute Gasteiger partial charge is 0.324 e. The fourth-order valence-electron chi connectivity index (χ4n) is 1.83. The molecule has 1 fully saturated rings. The Balaban J connectivity index is 2.37. The van der Waals surface area contributed by atoms with E-state index in [2.05, 4.69) is 26.1 Å². The van der Waals surface area contributed by atoms with E-state index in [9.17, 15) is 0 Å². The van der Waals surface area contributed by atoms with Gasteiger partial charge in [0.2, 0.25) is 0 Å². The lowest BCUT2D eigenvalue weighted by Gasteiger charge is -2.33. The van der Waals surface area contributed by atoms with Gasteiger partial charge in [0.05, 0.1) is 0 Å². The molecule has 3 N–H and O–H groups in total. The summed E-state index contributed by atoms with van der Waals surface area (Å²) in [6.45, 7) is 7.78. The van der Waals surface area contributed by atoms with Gasteiger partial charge in [0.15, 0.2) is 0 Å². The molecule has 2 heteroatoms. The van der Waals surface area contributed by atoms with Crippen molar-refractivity contribution in [2.45, 2.75) is 64.0 Å². The molecule has 0 bridgehead atoms. The summed E-state index contributed by atoms with van der Waals surface area (Å²) in [5.74, 6) is 0. The van der Waals surface area contributed by atoms with Crippen LogP contribution in [0.5, 0.6) is 0 Å². The lowest BCUT2D eigenvalue weighted by Crippen LogP contribution is -2.49. The minimum Gasteiger partial charge on any atom is -0.324 e. The molecule has 1 saturated carbocycles. The Morgan fingerprint density at radius 2 is 1.62 bits per heavy atom. The van der Waals surface area contributed by atoms with Crippen LogP contribution >= 0.6 is 0 Å². The zero-order valence-electron chi connectivity index (χ0n) is 9.32. The van der Waals surface area contributed by atoms with E-state index in [1.54, 1.807) is 0 Å². The van der Waals surface area contributed by atoms with Crippen LogP contribution in [0.15, 0.2) is 0 Å². The molecule has 0 saturated heterocycles. The summed E-state index contributed by atoms with van der Waals surface area (Å²) in [5, 5.41) is 3.66. The predicted molar refractivity (Wildman–Crippen MR) is 57.8 cm³/mol. The van der Waals surface area contributed by atoms with Crippen LogP contribution in [-0.2, 0) is 0 Å². The van der Waals surface area contributed by atoms with Crippen molar-refractivity contribution in [3.05, 3.63) is 0 Å². The molecule has 0 spiro atoms. The molecule has 0 radical (unpaired) electrons. The van der Waals surface area contributed by atoms with Gasteiger partial charge in [-0.3, -0.25) is 0 Å². The number of nitrogens with one attached hydrogen (secondary N) is 1. The van der Waals surface area contributed by atoms with Crippen molar-refractivity contribution in [2.24, 2.45) is 5.73 Å². The summed E-state index contributed by atoms with van der Waals surface area (Å²) < 4.78 is 0. The van der Waals surface area contributed by atoms with Gasteiger partial charge in [0.1, 0.15) is 0 Å². The number of hydrogen-bond donors (Lipinski definition) is 2. The summed E-state index contributed by atoms with van der Waals surface area (Å²) in [6, 6.07) is 0. The highest BCUT2D eigenvalue weighted by atomic mass is 15.0. The quantitative estimate of drug-likeness (QED) is 0.663. The smallest absolute Gasteiger partial charge is 0.0282 e. The van der Waals surface area contributed by atoms with Gasteiger partial charge in [-0.15, -0.1) is 0 Å². The Labute approximate surface area is 82.3 Å². The predicted octanol–water partition coefficient (Wildman–Crippen LogP) is 2.04. The van der Waals surface area contributed by atoms with Crippen LogP contribution in [0.25, 0.3) is 0 Å². The average molecular weight is 184 g/mol. The van der Waals surface area contributed by atoms with E-state index in [4.69, 9.17) is 5.73 Å². The topological polar surface area (TPSA) is 38.0 Å². The summed E-state index contributed by atoms with van der Waals surface area (Å²) >= 11 is 0. The molecular formula is C11H24N2. The van der Waals surface area contributed by atoms with Crippen molar-refractivity contribution in [1.82, 2.24) is 5.32 Å². The van der Waals surface area contributed by atoms with E-state index < -0.39 is 0 Å². The summed E-state index contributed by atoms with van der Waals surface area (Å²) in [4.78, 5) is 0. The molecule has 0 amide bonds. The van der Waals surface area contributed by atoms with Gasteiger partial charge in [-0.2, -0.15) is 0 Å². The number of nitrogens with two attached hydrogens (primary N) is 1. The SMILES string of the molecule is CCC(CC)(CC)NCC1(N)CC1. The second kappa shape index (κ2) is 3.97. The summed E-state index contributed by atoms with van der Waals surface area (Å²) in [6.07, 6.45) is 6.02. The zero-order valence-corrected chi connectivity index (χ0v) is 9.32. The van der Waals surface area contributed by atoms with Crippen LogP contribution in [0.1, 0.15) is 52.9 Å². The third-order valence-electron chi connectivity index (χ3n) is 3.74. The summed E-state index contributed by atoms with van der Waals surface area (Å²) in [5.41, 5.74) is 6.54. The fourth-order valence-corrected chi connectivity index (χ4v) is 1.83. The van der Waals surface area contributed by atoms with Crippen LogP contribution in [0.3, 0.4) is 0 Å². The second-order valence-electron chi connectivity index (χ2n) is 4.56. The molecule has 1 aliphatic rings. The van der Waals surface area contributed by atoms with E-state index in [-0.39, 0.29) is 5.54 Å². The molecule has 78 valence electrons. The van der Waals surface area contributed by atoms with Gasteiger partial charge >= 0.3 is 0 Å². The van der Waals surface area contributed by atoms with Crippen LogP contribution in [-0.4, -0.2) is 17.6 Å². The molecule has 0 atom stereocenters. The number of hydrogen-bond acceptors (Lipinski definition) is 2. The molecule has 0 aromatic heterocycles. The molecule has 0 heterocycles. The Hall–Kier alpha value is -0.0800. The van der Waals surface area contributed by atoms with Gasteiger partial charge in [-0.25, -0.2) is 0 Å². The van der Waals surface area contributed by atoms with Crippen molar-refractivity contribution in [3.8, 4) is 0 Å². The maximum atomic E-state index is 6.06. The first-order chi connectivity index (χ1) is 6.10. The Morgan fingerprint density at radius 1 is 1.15 bits per heavy atom. The molecule has 0 unspecified atom stereocenters. The van der Waals surface area contributed by atoms with Crippen molar-refractivity contribution in [1.29, 1.82) is 0 Å². The normalized spacial score (nSPS) is 20.3. The third kappa shape index (κ3) is 2.68. The minimum absolute atomic E-state index is 0.144. The Bertz CT molecular complexity index is 149. The third-order valence-corrected chi connectivity index (χ3v) is 3.74. The highest BCUT2D eigenvalue weighted by Crippen LogP contribution is 2.32. The van der Waals surface area contributed by atoms with Crippen LogP contribution in [0, 0.1) is 0 Å². The van der Waals surface area contributed by atoms with Gasteiger partial charge in [0.25, 0.3) is 0 Å². The van der Waals surface area contributed by atoms with Crippen LogP contribution < -0.4 is 11.1 Å². The standard InChI is InChI=1S/C11H24N2/c1-4-11(5-2,6-3)13-9-10(12)7-8-10/h13H,4-9,12H2,1-3H3. The molecule has 0 aliphatic heterocycles. The van der Waals surface area contributed by atoms with E-state index in [0.29, 0.717) is 5.54 Å². The first-order valence-electron chi connectivity index (χ1n) is 5.63. The molecule has 1 aliphatic carbocycles. The van der Waals surface area contributed by atoms with E-state index in [1.165, 1.54) is 32.1 Å². The summed E-state index contributed by atoms with van der Waals surface area (Å²) in [7, 11) is 0. The molecule has 1 rings (SSSR count). The fraction of sp³-hybridized carbons (Fsp3) is 1.00. The average Bonchev–Trinajstić information content (AvgIpc) is 2.88. The zero-order chi connectivity index (χ0) is 9.95. The van der Waals surface area contributed by atoms with Crippen molar-refractivity contribution < 1.29 is 0 Å². The van der Waals surface area contributed by atoms with Crippen molar-refractivity contribution in [3.63, 3.8) is 0 Å². The van der Waals surface area contributed by atoms with Crippen molar-refractivity contribution in [2.75, 3.05) is 6.54 Å². The van der Waals surface area contributed by atoms with Gasteiger partial charge in [-0.05, 0) is 32.1 Å². The molecule has 0 aromatic carbocycles. The molecule has 2 nitrogen and oxygen atoms in total. The van der Waals surface area contributed by atoms with Gasteiger partial charge < -0.3 is 11.1 Å². The van der Waals surface area contributed by atoms with E-state index in [1.807, 2.05) is 0 Å².